The maximum atomic E-state index is 11.5. The number of esters is 1. The van der Waals surface area contributed by atoms with Crippen LogP contribution in [-0.2, 0) is 15.0 Å². The van der Waals surface area contributed by atoms with E-state index >= 15 is 0 Å². The molecule has 6 nitrogen and oxygen atoms in total. The fraction of sp³-hybridized carbons (Fsp3) is 0.333. The van der Waals surface area contributed by atoms with E-state index in [0.29, 0.717) is 22.3 Å². The first-order valence-electron chi connectivity index (χ1n) is 8.88. The Morgan fingerprint density at radius 3 is 1.97 bits per heavy atom. The molecule has 2 atom stereocenters. The molecule has 0 aliphatic rings. The second-order valence-corrected chi connectivity index (χ2v) is 8.25. The Balaban J connectivity index is 2.32. The van der Waals surface area contributed by atoms with Crippen molar-refractivity contribution in [3.8, 4) is 11.5 Å². The Kier molecular flexibility index (Phi) is 9.15. The van der Waals surface area contributed by atoms with Crippen LogP contribution in [0.4, 0.5) is 0 Å². The van der Waals surface area contributed by atoms with E-state index < -0.39 is 17.7 Å². The Hall–Kier alpha value is -1.40. The van der Waals surface area contributed by atoms with E-state index in [2.05, 4.69) is 0 Å². The second kappa shape index (κ2) is 11.1. The Morgan fingerprint density at radius 2 is 1.52 bits per heavy atom. The number of carbonyl (C=O) groups is 2. The van der Waals surface area contributed by atoms with Gasteiger partial charge in [-0.2, -0.15) is 0 Å². The molecular weight excluding hydrogens is 602 g/mol. The molecule has 2 aromatic rings. The minimum Gasteiger partial charge on any atom is -0.481 e. The highest BCUT2D eigenvalue weighted by molar-refractivity contribution is 14.1. The molecule has 0 saturated carbocycles. The van der Waals surface area contributed by atoms with Crippen molar-refractivity contribution in [2.24, 2.45) is 0 Å². The second-order valence-electron chi connectivity index (χ2n) is 6.61. The molecule has 2 aromatic carbocycles. The average molecular weight is 624 g/mol. The first-order valence-corrected chi connectivity index (χ1v) is 11.9. The van der Waals surface area contributed by atoms with Gasteiger partial charge in [-0.05, 0) is 41.8 Å². The molecule has 0 saturated heterocycles. The summed E-state index contributed by atoms with van der Waals surface area (Å²) in [6, 6.07) is 14.4. The van der Waals surface area contributed by atoms with Crippen LogP contribution in [0.5, 0.6) is 11.5 Å². The van der Waals surface area contributed by atoms with Gasteiger partial charge in [0.05, 0.1) is 8.86 Å². The van der Waals surface area contributed by atoms with Gasteiger partial charge in [0, 0.05) is 11.8 Å². The highest BCUT2D eigenvalue weighted by Gasteiger charge is 2.30. The zero-order valence-electron chi connectivity index (χ0n) is 15.8. The van der Waals surface area contributed by atoms with E-state index in [1.165, 1.54) is 0 Å². The maximum absolute atomic E-state index is 11.5. The molecule has 0 amide bonds. The molecule has 8 heteroatoms. The van der Waals surface area contributed by atoms with Crippen molar-refractivity contribution in [2.75, 3.05) is 8.86 Å². The molecule has 0 spiro atoms. The molecule has 0 aromatic heterocycles. The molecular formula is C21H22I2O6. The van der Waals surface area contributed by atoms with Crippen LogP contribution in [0, 0.1) is 0 Å². The summed E-state index contributed by atoms with van der Waals surface area (Å²) in [5.74, 6) is -0.197. The largest absolute Gasteiger partial charge is 0.481 e. The molecule has 0 radical (unpaired) electrons. The summed E-state index contributed by atoms with van der Waals surface area (Å²) in [5.41, 5.74) is 1.27. The van der Waals surface area contributed by atoms with Gasteiger partial charge in [0.1, 0.15) is 11.5 Å². The Morgan fingerprint density at radius 1 is 1.00 bits per heavy atom. The highest BCUT2D eigenvalue weighted by Crippen LogP contribution is 2.38. The number of carboxylic acid groups (broad SMARTS) is 1. The lowest BCUT2D eigenvalue weighted by atomic mass is 9.73. The van der Waals surface area contributed by atoms with Gasteiger partial charge in [0.25, 0.3) is 0 Å². The number of aliphatic hydroxyl groups is 1. The van der Waals surface area contributed by atoms with Gasteiger partial charge in [0.15, 0.2) is 0 Å². The third-order valence-electron chi connectivity index (χ3n) is 4.57. The monoisotopic (exact) mass is 624 g/mol. The van der Waals surface area contributed by atoms with Crippen molar-refractivity contribution >= 4 is 57.1 Å². The molecule has 0 aliphatic heterocycles. The van der Waals surface area contributed by atoms with Gasteiger partial charge < -0.3 is 19.7 Å². The highest BCUT2D eigenvalue weighted by atomic mass is 127. The summed E-state index contributed by atoms with van der Waals surface area (Å²) >= 11 is 3.97. The summed E-state index contributed by atoms with van der Waals surface area (Å²) in [6.45, 7) is 1.98. The fourth-order valence-electron chi connectivity index (χ4n) is 2.95. The third kappa shape index (κ3) is 6.82. The van der Waals surface area contributed by atoms with Gasteiger partial charge in [-0.1, -0.05) is 76.4 Å². The number of rotatable bonds is 10. The molecule has 156 valence electrons. The minimum absolute atomic E-state index is 0.00781. The molecule has 0 bridgehead atoms. The molecule has 0 heterocycles. The van der Waals surface area contributed by atoms with Crippen molar-refractivity contribution < 1.29 is 29.3 Å². The number of carbonyl (C=O) groups excluding carboxylic acids is 1. The lowest BCUT2D eigenvalue weighted by Crippen LogP contribution is -2.25. The number of carboxylic acids is 1. The molecule has 2 N–H and O–H groups in total. The van der Waals surface area contributed by atoms with Crippen molar-refractivity contribution in [3.63, 3.8) is 0 Å². The zero-order chi connectivity index (χ0) is 21.4. The predicted octanol–water partition coefficient (Wildman–Crippen LogP) is 4.33. The predicted molar refractivity (Wildman–Crippen MR) is 126 cm³/mol. The number of hydrogen-bond acceptors (Lipinski definition) is 5. The number of aliphatic carboxylic acids is 1. The van der Waals surface area contributed by atoms with Crippen molar-refractivity contribution in [1.29, 1.82) is 0 Å². The van der Waals surface area contributed by atoms with E-state index in [-0.39, 0.29) is 16.8 Å². The first-order chi connectivity index (χ1) is 13.8. The van der Waals surface area contributed by atoms with Gasteiger partial charge in [0.2, 0.25) is 6.29 Å². The van der Waals surface area contributed by atoms with Crippen molar-refractivity contribution in [2.45, 2.75) is 31.5 Å². The van der Waals surface area contributed by atoms with Crippen molar-refractivity contribution in [3.05, 3.63) is 59.7 Å². The van der Waals surface area contributed by atoms with Crippen LogP contribution >= 0.6 is 45.2 Å². The quantitative estimate of drug-likeness (QED) is 0.135. The van der Waals surface area contributed by atoms with Gasteiger partial charge in [-0.3, -0.25) is 9.59 Å². The average Bonchev–Trinajstić information content (AvgIpc) is 2.72. The van der Waals surface area contributed by atoms with E-state index in [4.69, 9.17) is 9.47 Å². The van der Waals surface area contributed by atoms with Crippen LogP contribution in [-0.4, -0.2) is 37.3 Å². The number of ether oxygens (including phenoxy) is 2. The van der Waals surface area contributed by atoms with Gasteiger partial charge in [-0.15, -0.1) is 0 Å². The number of benzene rings is 2. The topological polar surface area (TPSA) is 93.1 Å². The van der Waals surface area contributed by atoms with E-state index in [9.17, 15) is 19.8 Å². The molecule has 0 fully saturated rings. The normalized spacial score (nSPS) is 13.9. The number of halogens is 2. The lowest BCUT2D eigenvalue weighted by Gasteiger charge is -2.31. The molecule has 2 unspecified atom stereocenters. The van der Waals surface area contributed by atoms with Crippen LogP contribution in [0.1, 0.15) is 30.9 Å². The van der Waals surface area contributed by atoms with Gasteiger partial charge >= 0.3 is 11.9 Å². The van der Waals surface area contributed by atoms with Crippen LogP contribution < -0.4 is 9.47 Å². The summed E-state index contributed by atoms with van der Waals surface area (Å²) in [7, 11) is 0. The lowest BCUT2D eigenvalue weighted by molar-refractivity contribution is -0.137. The fourth-order valence-corrected chi connectivity index (χ4v) is 3.29. The zero-order valence-corrected chi connectivity index (χ0v) is 20.1. The van der Waals surface area contributed by atoms with Crippen LogP contribution in [0.2, 0.25) is 0 Å². The van der Waals surface area contributed by atoms with E-state index in [0.717, 1.165) is 11.1 Å². The number of alkyl halides is 2. The minimum atomic E-state index is -0.877. The number of aliphatic hydroxyl groups excluding tert-OH is 1. The Bertz CT molecular complexity index is 822. The summed E-state index contributed by atoms with van der Waals surface area (Å²) in [4.78, 5) is 22.7. The van der Waals surface area contributed by atoms with Crippen LogP contribution in [0.3, 0.4) is 0 Å². The molecule has 2 rings (SSSR count). The molecule has 0 aliphatic carbocycles. The standard InChI is InChI=1S/C21H22I2O6/c1-21(11-10-18(24)25,14-2-6-16(7-3-14)28-19(26)12-22)15-4-8-17(9-5-15)29-20(27)13-23/h2-9,19,26H,10-13H2,1H3,(H,24,25). The SMILES string of the molecule is CC(CCC(=O)O)(c1ccc(OC(=O)CI)cc1)c1ccc(OC(O)CI)cc1. The first kappa shape index (κ1) is 23.9. The molecule has 29 heavy (non-hydrogen) atoms. The van der Waals surface area contributed by atoms with Gasteiger partial charge in [-0.25, -0.2) is 0 Å². The van der Waals surface area contributed by atoms with Crippen LogP contribution in [0.15, 0.2) is 48.5 Å². The third-order valence-corrected chi connectivity index (χ3v) is 5.94. The van der Waals surface area contributed by atoms with Crippen molar-refractivity contribution in [1.82, 2.24) is 0 Å². The smallest absolute Gasteiger partial charge is 0.321 e. The summed E-state index contributed by atoms with van der Waals surface area (Å²) in [5, 5.41) is 18.8. The summed E-state index contributed by atoms with van der Waals surface area (Å²) < 4.78 is 11.3. The van der Waals surface area contributed by atoms with E-state index in [1.54, 1.807) is 24.3 Å². The number of hydrogen-bond donors (Lipinski definition) is 2. The van der Waals surface area contributed by atoms with E-state index in [1.807, 2.05) is 76.4 Å². The maximum Gasteiger partial charge on any atom is 0.321 e. The van der Waals surface area contributed by atoms with Crippen LogP contribution in [0.25, 0.3) is 0 Å². The Labute approximate surface area is 196 Å². The summed E-state index contributed by atoms with van der Waals surface area (Å²) in [6.07, 6.45) is -0.475.